The fourth-order valence-electron chi connectivity index (χ4n) is 3.61. The number of aliphatic hydroxyl groups is 1. The average molecular weight is 420 g/mol. The summed E-state index contributed by atoms with van der Waals surface area (Å²) in [5, 5.41) is 12.9. The van der Waals surface area contributed by atoms with E-state index < -0.39 is 17.7 Å². The highest BCUT2D eigenvalue weighted by Crippen LogP contribution is 2.43. The zero-order chi connectivity index (χ0) is 21.3. The van der Waals surface area contributed by atoms with Crippen LogP contribution < -0.4 is 9.64 Å². The molecular formula is C24H21NO4S. The number of rotatable bonds is 5. The molecule has 1 amide bonds. The molecule has 1 aliphatic rings. The second-order valence-corrected chi connectivity index (χ2v) is 7.91. The Morgan fingerprint density at radius 2 is 1.77 bits per heavy atom. The molecule has 6 heteroatoms. The lowest BCUT2D eigenvalue weighted by Crippen LogP contribution is -2.29. The molecule has 3 aromatic rings. The van der Waals surface area contributed by atoms with E-state index in [1.165, 1.54) is 16.2 Å². The van der Waals surface area contributed by atoms with Crippen LogP contribution in [0.1, 0.15) is 29.0 Å². The average Bonchev–Trinajstić information content (AvgIpc) is 3.40. The number of aliphatic hydroxyl groups excluding tert-OH is 1. The van der Waals surface area contributed by atoms with Gasteiger partial charge in [0.05, 0.1) is 12.7 Å². The zero-order valence-electron chi connectivity index (χ0n) is 16.7. The van der Waals surface area contributed by atoms with Crippen molar-refractivity contribution in [3.05, 3.63) is 87.6 Å². The maximum absolute atomic E-state index is 13.0. The van der Waals surface area contributed by atoms with Gasteiger partial charge in [-0.05, 0) is 47.7 Å². The van der Waals surface area contributed by atoms with Crippen LogP contribution in [0.25, 0.3) is 5.76 Å². The van der Waals surface area contributed by atoms with Crippen molar-refractivity contribution in [2.45, 2.75) is 19.4 Å². The molecule has 4 rings (SSSR count). The van der Waals surface area contributed by atoms with Crippen molar-refractivity contribution < 1.29 is 19.4 Å². The van der Waals surface area contributed by atoms with Crippen LogP contribution in [0, 0.1) is 0 Å². The van der Waals surface area contributed by atoms with E-state index in [0.29, 0.717) is 17.0 Å². The third kappa shape index (κ3) is 3.39. The van der Waals surface area contributed by atoms with E-state index in [1.54, 1.807) is 43.5 Å². The molecule has 152 valence electrons. The second kappa shape index (κ2) is 8.16. The van der Waals surface area contributed by atoms with E-state index in [9.17, 15) is 14.7 Å². The van der Waals surface area contributed by atoms with Crippen molar-refractivity contribution in [2.75, 3.05) is 12.0 Å². The van der Waals surface area contributed by atoms with Gasteiger partial charge in [-0.1, -0.05) is 37.3 Å². The number of anilines is 1. The van der Waals surface area contributed by atoms with Crippen molar-refractivity contribution >= 4 is 34.5 Å². The summed E-state index contributed by atoms with van der Waals surface area (Å²) in [6.45, 7) is 2.05. The highest BCUT2D eigenvalue weighted by Gasteiger charge is 2.47. The summed E-state index contributed by atoms with van der Waals surface area (Å²) in [5.41, 5.74) is 2.31. The van der Waals surface area contributed by atoms with Crippen molar-refractivity contribution in [1.82, 2.24) is 0 Å². The number of carbonyl (C=O) groups excluding carboxylic acids is 2. The molecule has 1 aromatic heterocycles. The lowest BCUT2D eigenvalue weighted by molar-refractivity contribution is -0.132. The minimum atomic E-state index is -0.693. The fraction of sp³-hybridized carbons (Fsp3) is 0.167. The first-order valence-corrected chi connectivity index (χ1v) is 10.5. The van der Waals surface area contributed by atoms with Gasteiger partial charge in [-0.3, -0.25) is 14.5 Å². The Kier molecular flexibility index (Phi) is 5.42. The minimum absolute atomic E-state index is 0.0996. The van der Waals surface area contributed by atoms with Crippen LogP contribution >= 0.6 is 11.3 Å². The highest BCUT2D eigenvalue weighted by atomic mass is 32.1. The smallest absolute Gasteiger partial charge is 0.300 e. The number of ketones is 1. The number of hydrogen-bond acceptors (Lipinski definition) is 5. The minimum Gasteiger partial charge on any atom is -0.507 e. The number of methoxy groups -OCH3 is 1. The van der Waals surface area contributed by atoms with E-state index in [4.69, 9.17) is 4.74 Å². The van der Waals surface area contributed by atoms with Crippen LogP contribution in [0.15, 0.2) is 71.6 Å². The van der Waals surface area contributed by atoms with Crippen molar-refractivity contribution in [3.8, 4) is 5.75 Å². The summed E-state index contributed by atoms with van der Waals surface area (Å²) in [4.78, 5) is 28.3. The Bertz CT molecular complexity index is 1100. The third-order valence-corrected chi connectivity index (χ3v) is 6.17. The molecule has 0 saturated carbocycles. The number of amides is 1. The molecule has 1 atom stereocenters. The molecule has 1 N–H and O–H groups in total. The Morgan fingerprint density at radius 1 is 1.07 bits per heavy atom. The molecule has 1 saturated heterocycles. The summed E-state index contributed by atoms with van der Waals surface area (Å²) < 4.78 is 5.20. The van der Waals surface area contributed by atoms with Gasteiger partial charge in [0.2, 0.25) is 0 Å². The first-order valence-electron chi connectivity index (χ1n) is 9.63. The largest absolute Gasteiger partial charge is 0.507 e. The predicted octanol–water partition coefficient (Wildman–Crippen LogP) is 4.95. The van der Waals surface area contributed by atoms with E-state index in [2.05, 4.69) is 0 Å². The summed E-state index contributed by atoms with van der Waals surface area (Å²) in [6, 6.07) is 17.4. The summed E-state index contributed by atoms with van der Waals surface area (Å²) in [5.74, 6) is -0.865. The number of thiophene rings is 1. The van der Waals surface area contributed by atoms with Gasteiger partial charge < -0.3 is 9.84 Å². The number of Topliss-reactive ketones (excluding diaryl/α,β-unsaturated/α-hetero) is 1. The number of hydrogen-bond donors (Lipinski definition) is 1. The molecule has 5 nitrogen and oxygen atoms in total. The highest BCUT2D eigenvalue weighted by molar-refractivity contribution is 7.10. The predicted molar refractivity (Wildman–Crippen MR) is 118 cm³/mol. The SMILES string of the molecule is CCc1ccc(/C(O)=C2/C(=O)C(=O)N(c3ccc(OC)cc3)C2c2cccs2)cc1. The third-order valence-electron chi connectivity index (χ3n) is 5.24. The van der Waals surface area contributed by atoms with E-state index in [1.807, 2.05) is 36.6 Å². The van der Waals surface area contributed by atoms with Gasteiger partial charge in [-0.25, -0.2) is 0 Å². The molecule has 0 spiro atoms. The van der Waals surface area contributed by atoms with E-state index in [0.717, 1.165) is 16.9 Å². The zero-order valence-corrected chi connectivity index (χ0v) is 17.5. The Hall–Kier alpha value is -3.38. The van der Waals surface area contributed by atoms with Crippen LogP contribution in [0.5, 0.6) is 5.75 Å². The van der Waals surface area contributed by atoms with Crippen LogP contribution in [0.4, 0.5) is 5.69 Å². The van der Waals surface area contributed by atoms with Gasteiger partial charge in [-0.15, -0.1) is 11.3 Å². The maximum Gasteiger partial charge on any atom is 0.300 e. The number of benzene rings is 2. The lowest BCUT2D eigenvalue weighted by atomic mass is 9.99. The van der Waals surface area contributed by atoms with E-state index in [-0.39, 0.29) is 11.3 Å². The second-order valence-electron chi connectivity index (χ2n) is 6.93. The molecule has 0 aliphatic carbocycles. The van der Waals surface area contributed by atoms with Crippen molar-refractivity contribution in [1.29, 1.82) is 0 Å². The topological polar surface area (TPSA) is 66.8 Å². The van der Waals surface area contributed by atoms with Gasteiger partial charge >= 0.3 is 0 Å². The molecule has 0 radical (unpaired) electrons. The Labute approximate surface area is 178 Å². The van der Waals surface area contributed by atoms with Crippen LogP contribution in [0.3, 0.4) is 0 Å². The van der Waals surface area contributed by atoms with Gasteiger partial charge in [0.25, 0.3) is 11.7 Å². The molecule has 1 fully saturated rings. The normalized spacial score (nSPS) is 18.1. The summed E-state index contributed by atoms with van der Waals surface area (Å²) >= 11 is 1.44. The van der Waals surface area contributed by atoms with Gasteiger partial charge in [0.15, 0.2) is 0 Å². The standard InChI is InChI=1S/C24H21NO4S/c1-3-15-6-8-16(9-7-15)22(26)20-21(19-5-4-14-30-19)25(24(28)23(20)27)17-10-12-18(29-2)13-11-17/h4-14,21,26H,3H2,1-2H3/b22-20-. The van der Waals surface area contributed by atoms with Gasteiger partial charge in [0, 0.05) is 16.1 Å². The molecular weight excluding hydrogens is 398 g/mol. The first kappa shape index (κ1) is 19.9. The summed E-state index contributed by atoms with van der Waals surface area (Å²) in [6.07, 6.45) is 0.873. The fourth-order valence-corrected chi connectivity index (χ4v) is 4.44. The lowest BCUT2D eigenvalue weighted by Gasteiger charge is -2.24. The molecule has 30 heavy (non-hydrogen) atoms. The first-order chi connectivity index (χ1) is 14.5. The Morgan fingerprint density at radius 3 is 2.33 bits per heavy atom. The quantitative estimate of drug-likeness (QED) is 0.361. The van der Waals surface area contributed by atoms with Crippen molar-refractivity contribution in [2.24, 2.45) is 0 Å². The van der Waals surface area contributed by atoms with Gasteiger partial charge in [0.1, 0.15) is 17.6 Å². The van der Waals surface area contributed by atoms with Crippen LogP contribution in [-0.2, 0) is 16.0 Å². The van der Waals surface area contributed by atoms with Gasteiger partial charge in [-0.2, -0.15) is 0 Å². The number of carbonyl (C=O) groups is 2. The number of nitrogens with zero attached hydrogens (tertiary/aromatic N) is 1. The molecule has 0 bridgehead atoms. The molecule has 1 unspecified atom stereocenters. The number of ether oxygens (including phenoxy) is 1. The summed E-state index contributed by atoms with van der Waals surface area (Å²) in [7, 11) is 1.57. The Balaban J connectivity index is 1.86. The van der Waals surface area contributed by atoms with Crippen LogP contribution in [-0.4, -0.2) is 23.9 Å². The molecule has 2 heterocycles. The molecule has 2 aromatic carbocycles. The number of aryl methyl sites for hydroxylation is 1. The monoisotopic (exact) mass is 419 g/mol. The molecule has 1 aliphatic heterocycles. The van der Waals surface area contributed by atoms with Crippen molar-refractivity contribution in [3.63, 3.8) is 0 Å². The van der Waals surface area contributed by atoms with Crippen LogP contribution in [0.2, 0.25) is 0 Å². The van der Waals surface area contributed by atoms with E-state index >= 15 is 0 Å². The maximum atomic E-state index is 13.0.